The van der Waals surface area contributed by atoms with E-state index in [0.717, 1.165) is 17.7 Å². The molecule has 172 valence electrons. The van der Waals surface area contributed by atoms with Gasteiger partial charge in [-0.1, -0.05) is 60.6 Å². The summed E-state index contributed by atoms with van der Waals surface area (Å²) >= 11 is 7.58. The average molecular weight is 479 g/mol. The van der Waals surface area contributed by atoms with Crippen molar-refractivity contribution < 1.29 is 19.1 Å². The zero-order valence-electron chi connectivity index (χ0n) is 18.1. The molecule has 0 aliphatic heterocycles. The SMILES string of the molecule is CCCSc1ncc(Cl)c(C(=O)NC(Cc2ccccc2)C(=O)NCCCC(=O)OC)n1. The van der Waals surface area contributed by atoms with Gasteiger partial charge < -0.3 is 15.4 Å². The Kier molecular flexibility index (Phi) is 11.0. The maximum atomic E-state index is 12.9. The molecule has 0 aliphatic rings. The van der Waals surface area contributed by atoms with Gasteiger partial charge in [-0.05, 0) is 18.4 Å². The number of thioether (sulfide) groups is 1. The van der Waals surface area contributed by atoms with Crippen molar-refractivity contribution in [1.82, 2.24) is 20.6 Å². The number of methoxy groups -OCH3 is 1. The second kappa shape index (κ2) is 13.7. The molecular formula is C22H27ClN4O4S. The van der Waals surface area contributed by atoms with Gasteiger partial charge in [0, 0.05) is 25.1 Å². The van der Waals surface area contributed by atoms with Gasteiger partial charge in [-0.2, -0.15) is 0 Å². The zero-order chi connectivity index (χ0) is 23.3. The van der Waals surface area contributed by atoms with Crippen LogP contribution in [0.25, 0.3) is 0 Å². The smallest absolute Gasteiger partial charge is 0.305 e. The van der Waals surface area contributed by atoms with Crippen LogP contribution in [-0.4, -0.2) is 53.2 Å². The number of halogens is 1. The van der Waals surface area contributed by atoms with Crippen LogP contribution in [0.5, 0.6) is 0 Å². The van der Waals surface area contributed by atoms with Crippen LogP contribution in [-0.2, 0) is 20.7 Å². The van der Waals surface area contributed by atoms with Gasteiger partial charge in [-0.3, -0.25) is 14.4 Å². The summed E-state index contributed by atoms with van der Waals surface area (Å²) in [4.78, 5) is 45.4. The molecule has 2 N–H and O–H groups in total. The minimum absolute atomic E-state index is 0.0248. The van der Waals surface area contributed by atoms with E-state index in [0.29, 0.717) is 11.6 Å². The summed E-state index contributed by atoms with van der Waals surface area (Å²) in [6, 6.07) is 8.50. The Morgan fingerprint density at radius 3 is 2.66 bits per heavy atom. The molecule has 2 amide bonds. The van der Waals surface area contributed by atoms with Crippen LogP contribution in [0.4, 0.5) is 0 Å². The van der Waals surface area contributed by atoms with Crippen LogP contribution in [0.15, 0.2) is 41.7 Å². The van der Waals surface area contributed by atoms with Crippen molar-refractivity contribution in [2.75, 3.05) is 19.4 Å². The van der Waals surface area contributed by atoms with Crippen molar-refractivity contribution in [2.24, 2.45) is 0 Å². The Balaban J connectivity index is 2.10. The lowest BCUT2D eigenvalue weighted by molar-refractivity contribution is -0.140. The number of ether oxygens (including phenoxy) is 1. The fourth-order valence-corrected chi connectivity index (χ4v) is 3.57. The van der Waals surface area contributed by atoms with Crippen LogP contribution >= 0.6 is 23.4 Å². The van der Waals surface area contributed by atoms with Crippen molar-refractivity contribution in [3.05, 3.63) is 52.8 Å². The Hall–Kier alpha value is -2.65. The molecule has 1 atom stereocenters. The van der Waals surface area contributed by atoms with E-state index >= 15 is 0 Å². The number of hydrogen-bond acceptors (Lipinski definition) is 7. The quantitative estimate of drug-likeness (QED) is 0.209. The molecule has 0 saturated heterocycles. The highest BCUT2D eigenvalue weighted by atomic mass is 35.5. The predicted molar refractivity (Wildman–Crippen MR) is 124 cm³/mol. The molecule has 0 radical (unpaired) electrons. The number of esters is 1. The van der Waals surface area contributed by atoms with E-state index in [2.05, 4.69) is 25.3 Å². The van der Waals surface area contributed by atoms with Crippen molar-refractivity contribution >= 4 is 41.1 Å². The number of nitrogens with zero attached hydrogens (tertiary/aromatic N) is 2. The van der Waals surface area contributed by atoms with E-state index < -0.39 is 11.9 Å². The molecule has 10 heteroatoms. The molecule has 2 aromatic rings. The highest BCUT2D eigenvalue weighted by Crippen LogP contribution is 2.19. The van der Waals surface area contributed by atoms with Gasteiger partial charge in [0.1, 0.15) is 6.04 Å². The maximum absolute atomic E-state index is 12.9. The normalized spacial score (nSPS) is 11.5. The number of aromatic nitrogens is 2. The summed E-state index contributed by atoms with van der Waals surface area (Å²) in [6.45, 7) is 2.32. The van der Waals surface area contributed by atoms with Crippen molar-refractivity contribution in [1.29, 1.82) is 0 Å². The summed E-state index contributed by atoms with van der Waals surface area (Å²) < 4.78 is 4.60. The van der Waals surface area contributed by atoms with Crippen molar-refractivity contribution in [3.63, 3.8) is 0 Å². The van der Waals surface area contributed by atoms with Gasteiger partial charge in [-0.15, -0.1) is 0 Å². The minimum atomic E-state index is -0.846. The average Bonchev–Trinajstić information content (AvgIpc) is 2.81. The largest absolute Gasteiger partial charge is 0.469 e. The molecule has 1 aromatic heterocycles. The van der Waals surface area contributed by atoms with Gasteiger partial charge in [0.05, 0.1) is 18.3 Å². The van der Waals surface area contributed by atoms with Gasteiger partial charge >= 0.3 is 5.97 Å². The summed E-state index contributed by atoms with van der Waals surface area (Å²) in [6.07, 6.45) is 3.24. The molecule has 2 rings (SSSR count). The first kappa shape index (κ1) is 25.6. The molecule has 1 unspecified atom stereocenters. The van der Waals surface area contributed by atoms with Gasteiger partial charge in [0.25, 0.3) is 5.91 Å². The standard InChI is InChI=1S/C22H27ClN4O4S/c1-3-12-32-22-25-14-16(23)19(27-22)21(30)26-17(13-15-8-5-4-6-9-15)20(29)24-11-7-10-18(28)31-2/h4-6,8-9,14,17H,3,7,10-13H2,1-2H3,(H,24,29)(H,26,30). The Labute approximate surface area is 196 Å². The number of benzene rings is 1. The van der Waals surface area contributed by atoms with Crippen LogP contribution in [0.3, 0.4) is 0 Å². The topological polar surface area (TPSA) is 110 Å². The van der Waals surface area contributed by atoms with Crippen LogP contribution in [0.1, 0.15) is 42.2 Å². The molecule has 0 fully saturated rings. The molecule has 0 spiro atoms. The lowest BCUT2D eigenvalue weighted by Gasteiger charge is -2.19. The van der Waals surface area contributed by atoms with Gasteiger partial charge in [0.2, 0.25) is 5.91 Å². The van der Waals surface area contributed by atoms with Crippen LogP contribution < -0.4 is 10.6 Å². The fourth-order valence-electron chi connectivity index (χ4n) is 2.73. The van der Waals surface area contributed by atoms with E-state index in [1.165, 1.54) is 25.1 Å². The molecule has 8 nitrogen and oxygen atoms in total. The molecule has 1 aromatic carbocycles. The van der Waals surface area contributed by atoms with Gasteiger partial charge in [-0.25, -0.2) is 9.97 Å². The van der Waals surface area contributed by atoms with Crippen LogP contribution in [0.2, 0.25) is 5.02 Å². The lowest BCUT2D eigenvalue weighted by atomic mass is 10.0. The first-order valence-corrected chi connectivity index (χ1v) is 11.7. The molecule has 0 aliphatic carbocycles. The summed E-state index contributed by atoms with van der Waals surface area (Å²) in [7, 11) is 1.32. The van der Waals surface area contributed by atoms with Crippen molar-refractivity contribution in [3.8, 4) is 0 Å². The Morgan fingerprint density at radius 2 is 1.97 bits per heavy atom. The first-order valence-electron chi connectivity index (χ1n) is 10.3. The predicted octanol–water partition coefficient (Wildman–Crippen LogP) is 3.04. The fraction of sp³-hybridized carbons (Fsp3) is 0.409. The molecule has 32 heavy (non-hydrogen) atoms. The molecule has 0 saturated carbocycles. The zero-order valence-corrected chi connectivity index (χ0v) is 19.7. The summed E-state index contributed by atoms with van der Waals surface area (Å²) in [5, 5.41) is 6.07. The number of nitrogens with one attached hydrogen (secondary N) is 2. The van der Waals surface area contributed by atoms with E-state index in [-0.39, 0.29) is 42.0 Å². The summed E-state index contributed by atoms with van der Waals surface area (Å²) in [5.74, 6) is -0.449. The van der Waals surface area contributed by atoms with Gasteiger partial charge in [0.15, 0.2) is 10.9 Å². The molecular weight excluding hydrogens is 452 g/mol. The third-order valence-corrected chi connectivity index (χ3v) is 5.71. The minimum Gasteiger partial charge on any atom is -0.469 e. The lowest BCUT2D eigenvalue weighted by Crippen LogP contribution is -2.48. The van der Waals surface area contributed by atoms with E-state index in [4.69, 9.17) is 11.6 Å². The Morgan fingerprint density at radius 1 is 1.22 bits per heavy atom. The number of rotatable bonds is 12. The maximum Gasteiger partial charge on any atom is 0.305 e. The highest BCUT2D eigenvalue weighted by Gasteiger charge is 2.24. The number of carbonyl (C=O) groups is 3. The third-order valence-electron chi connectivity index (χ3n) is 4.36. The molecule has 0 bridgehead atoms. The first-order chi connectivity index (χ1) is 15.4. The highest BCUT2D eigenvalue weighted by molar-refractivity contribution is 7.99. The van der Waals surface area contributed by atoms with E-state index in [1.807, 2.05) is 37.3 Å². The molecule has 1 heterocycles. The number of hydrogen-bond donors (Lipinski definition) is 2. The van der Waals surface area contributed by atoms with E-state index in [1.54, 1.807) is 0 Å². The monoisotopic (exact) mass is 478 g/mol. The van der Waals surface area contributed by atoms with Crippen LogP contribution in [0, 0.1) is 0 Å². The van der Waals surface area contributed by atoms with E-state index in [9.17, 15) is 14.4 Å². The Bertz CT molecular complexity index is 914. The number of amides is 2. The number of carbonyl (C=O) groups excluding carboxylic acids is 3. The third kappa shape index (κ3) is 8.47. The second-order valence-corrected chi connectivity index (χ2v) is 8.35. The van der Waals surface area contributed by atoms with Crippen molar-refractivity contribution in [2.45, 2.75) is 43.8 Å². The summed E-state index contributed by atoms with van der Waals surface area (Å²) in [5.41, 5.74) is 0.910. The second-order valence-electron chi connectivity index (χ2n) is 6.88.